The van der Waals surface area contributed by atoms with Crippen molar-refractivity contribution in [2.24, 2.45) is 11.7 Å². The van der Waals surface area contributed by atoms with Crippen LogP contribution in [0.4, 0.5) is 0 Å². The van der Waals surface area contributed by atoms with E-state index in [2.05, 4.69) is 0 Å². The molecule has 1 fully saturated rings. The molecule has 1 aliphatic carbocycles. The van der Waals surface area contributed by atoms with Gasteiger partial charge in [0.2, 0.25) is 0 Å². The van der Waals surface area contributed by atoms with Gasteiger partial charge in [-0.1, -0.05) is 30.5 Å². The molecule has 1 unspecified atom stereocenters. The van der Waals surface area contributed by atoms with Crippen LogP contribution < -0.4 is 10.5 Å². The van der Waals surface area contributed by atoms with Gasteiger partial charge in [-0.2, -0.15) is 0 Å². The van der Waals surface area contributed by atoms with E-state index in [1.165, 1.54) is 25.7 Å². The molecule has 1 atom stereocenters. The van der Waals surface area contributed by atoms with E-state index < -0.39 is 0 Å². The highest BCUT2D eigenvalue weighted by atomic mass is 35.5. The predicted octanol–water partition coefficient (Wildman–Crippen LogP) is 4.32. The Morgan fingerprint density at radius 1 is 1.28 bits per heavy atom. The van der Waals surface area contributed by atoms with E-state index in [0.717, 1.165) is 11.3 Å². The number of rotatable bonds is 4. The van der Waals surface area contributed by atoms with Crippen molar-refractivity contribution in [2.45, 2.75) is 51.7 Å². The lowest BCUT2D eigenvalue weighted by atomic mass is 9.92. The molecule has 0 bridgehead atoms. The standard InChI is InChI=1S/C15H22ClNO/c1-10(2)18-14-8-7-12(9-13(14)16)15(17)11-5-3-4-6-11/h7-11,15H,3-6,17H2,1-2H3. The quantitative estimate of drug-likeness (QED) is 0.882. The third-order valence-corrected chi connectivity index (χ3v) is 3.91. The third kappa shape index (κ3) is 3.18. The summed E-state index contributed by atoms with van der Waals surface area (Å²) in [5.74, 6) is 1.35. The summed E-state index contributed by atoms with van der Waals surface area (Å²) < 4.78 is 5.63. The van der Waals surface area contributed by atoms with Crippen LogP contribution in [0.2, 0.25) is 5.02 Å². The highest BCUT2D eigenvalue weighted by Crippen LogP contribution is 2.36. The van der Waals surface area contributed by atoms with Crippen molar-refractivity contribution in [3.05, 3.63) is 28.8 Å². The number of halogens is 1. The van der Waals surface area contributed by atoms with E-state index in [4.69, 9.17) is 22.1 Å². The van der Waals surface area contributed by atoms with Crippen LogP contribution in [-0.2, 0) is 0 Å². The van der Waals surface area contributed by atoms with Crippen molar-refractivity contribution in [3.63, 3.8) is 0 Å². The van der Waals surface area contributed by atoms with Gasteiger partial charge in [-0.3, -0.25) is 0 Å². The summed E-state index contributed by atoms with van der Waals surface area (Å²) in [5, 5.41) is 0.662. The minimum Gasteiger partial charge on any atom is -0.489 e. The Morgan fingerprint density at radius 2 is 1.94 bits per heavy atom. The first-order valence-electron chi connectivity index (χ1n) is 6.79. The molecule has 0 amide bonds. The fourth-order valence-corrected chi connectivity index (χ4v) is 2.90. The summed E-state index contributed by atoms with van der Waals surface area (Å²) in [4.78, 5) is 0. The molecule has 3 heteroatoms. The molecule has 0 aliphatic heterocycles. The zero-order valence-corrected chi connectivity index (χ0v) is 11.9. The van der Waals surface area contributed by atoms with Crippen LogP contribution in [0.3, 0.4) is 0 Å². The lowest BCUT2D eigenvalue weighted by Gasteiger charge is -2.20. The molecule has 2 nitrogen and oxygen atoms in total. The summed E-state index contributed by atoms with van der Waals surface area (Å²) in [7, 11) is 0. The molecule has 0 heterocycles. The van der Waals surface area contributed by atoms with Gasteiger partial charge in [0.05, 0.1) is 11.1 Å². The van der Waals surface area contributed by atoms with Gasteiger partial charge in [0.25, 0.3) is 0 Å². The van der Waals surface area contributed by atoms with Gasteiger partial charge in [0, 0.05) is 6.04 Å². The van der Waals surface area contributed by atoms with Crippen LogP contribution in [0.25, 0.3) is 0 Å². The summed E-state index contributed by atoms with van der Waals surface area (Å²) >= 11 is 6.24. The average molecular weight is 268 g/mol. The molecule has 0 radical (unpaired) electrons. The average Bonchev–Trinajstić information content (AvgIpc) is 2.84. The number of hydrogen-bond acceptors (Lipinski definition) is 2. The first-order chi connectivity index (χ1) is 8.58. The van der Waals surface area contributed by atoms with Gasteiger partial charge in [0.15, 0.2) is 0 Å². The van der Waals surface area contributed by atoms with Crippen LogP contribution in [0.15, 0.2) is 18.2 Å². The third-order valence-electron chi connectivity index (χ3n) is 3.61. The highest BCUT2D eigenvalue weighted by molar-refractivity contribution is 6.32. The molecular formula is C15H22ClNO. The van der Waals surface area contributed by atoms with Gasteiger partial charge < -0.3 is 10.5 Å². The van der Waals surface area contributed by atoms with E-state index in [-0.39, 0.29) is 12.1 Å². The smallest absolute Gasteiger partial charge is 0.138 e. The fourth-order valence-electron chi connectivity index (χ4n) is 2.66. The maximum absolute atomic E-state index is 6.32. The van der Waals surface area contributed by atoms with Crippen molar-refractivity contribution in [1.82, 2.24) is 0 Å². The van der Waals surface area contributed by atoms with Crippen molar-refractivity contribution < 1.29 is 4.74 Å². The second-order valence-electron chi connectivity index (χ2n) is 5.43. The molecule has 100 valence electrons. The fraction of sp³-hybridized carbons (Fsp3) is 0.600. The number of ether oxygens (including phenoxy) is 1. The Balaban J connectivity index is 2.12. The second kappa shape index (κ2) is 5.94. The Bertz CT molecular complexity index is 399. The molecule has 1 saturated carbocycles. The first-order valence-corrected chi connectivity index (χ1v) is 7.17. The topological polar surface area (TPSA) is 35.2 Å². The summed E-state index contributed by atoms with van der Waals surface area (Å²) in [5.41, 5.74) is 7.45. The zero-order valence-electron chi connectivity index (χ0n) is 11.2. The zero-order chi connectivity index (χ0) is 13.1. The van der Waals surface area contributed by atoms with Crippen LogP contribution in [0.1, 0.15) is 51.1 Å². The highest BCUT2D eigenvalue weighted by Gasteiger charge is 2.23. The molecule has 0 aromatic heterocycles. The van der Waals surface area contributed by atoms with Gasteiger partial charge in [0.1, 0.15) is 5.75 Å². The van der Waals surface area contributed by atoms with Crippen molar-refractivity contribution in [2.75, 3.05) is 0 Å². The van der Waals surface area contributed by atoms with Crippen LogP contribution >= 0.6 is 11.6 Å². The van der Waals surface area contributed by atoms with Crippen LogP contribution in [0, 0.1) is 5.92 Å². The second-order valence-corrected chi connectivity index (χ2v) is 5.83. The van der Waals surface area contributed by atoms with E-state index >= 15 is 0 Å². The summed E-state index contributed by atoms with van der Waals surface area (Å²) in [6.07, 6.45) is 5.23. The monoisotopic (exact) mass is 267 g/mol. The molecule has 2 N–H and O–H groups in total. The Morgan fingerprint density at radius 3 is 2.50 bits per heavy atom. The van der Waals surface area contributed by atoms with E-state index in [1.54, 1.807) is 0 Å². The molecular weight excluding hydrogens is 246 g/mol. The van der Waals surface area contributed by atoms with Gasteiger partial charge in [-0.05, 0) is 50.3 Å². The first kappa shape index (κ1) is 13.7. The van der Waals surface area contributed by atoms with Crippen molar-refractivity contribution >= 4 is 11.6 Å². The minimum absolute atomic E-state index is 0.109. The van der Waals surface area contributed by atoms with Gasteiger partial charge >= 0.3 is 0 Å². The normalized spacial score (nSPS) is 18.3. The Labute approximate surface area is 114 Å². The SMILES string of the molecule is CC(C)Oc1ccc(C(N)C2CCCC2)cc1Cl. The molecule has 2 rings (SSSR count). The molecule has 1 aliphatic rings. The molecule has 18 heavy (non-hydrogen) atoms. The van der Waals surface area contributed by atoms with Crippen molar-refractivity contribution in [1.29, 1.82) is 0 Å². The minimum atomic E-state index is 0.109. The summed E-state index contributed by atoms with van der Waals surface area (Å²) in [6.45, 7) is 3.99. The Hall–Kier alpha value is -0.730. The lowest BCUT2D eigenvalue weighted by molar-refractivity contribution is 0.242. The van der Waals surface area contributed by atoms with E-state index in [9.17, 15) is 0 Å². The van der Waals surface area contributed by atoms with Gasteiger partial charge in [-0.15, -0.1) is 0 Å². The largest absolute Gasteiger partial charge is 0.489 e. The molecule has 0 spiro atoms. The van der Waals surface area contributed by atoms with E-state index in [0.29, 0.717) is 10.9 Å². The predicted molar refractivity (Wildman–Crippen MR) is 76.1 cm³/mol. The Kier molecular flexibility index (Phi) is 4.52. The maximum atomic E-state index is 6.32. The van der Waals surface area contributed by atoms with Gasteiger partial charge in [-0.25, -0.2) is 0 Å². The van der Waals surface area contributed by atoms with E-state index in [1.807, 2.05) is 32.0 Å². The maximum Gasteiger partial charge on any atom is 0.138 e. The summed E-state index contributed by atoms with van der Waals surface area (Å²) in [6, 6.07) is 6.06. The molecule has 0 saturated heterocycles. The lowest BCUT2D eigenvalue weighted by Crippen LogP contribution is -2.19. The van der Waals surface area contributed by atoms with Crippen LogP contribution in [0.5, 0.6) is 5.75 Å². The number of nitrogens with two attached hydrogens (primary N) is 1. The number of benzene rings is 1. The van der Waals surface area contributed by atoms with Crippen molar-refractivity contribution in [3.8, 4) is 5.75 Å². The molecule has 1 aromatic carbocycles. The van der Waals surface area contributed by atoms with Crippen LogP contribution in [-0.4, -0.2) is 6.10 Å². The molecule has 1 aromatic rings. The number of hydrogen-bond donors (Lipinski definition) is 1.